The zero-order chi connectivity index (χ0) is 18.7. The molecule has 1 aromatic heterocycles. The van der Waals surface area contributed by atoms with Crippen LogP contribution in [0.1, 0.15) is 29.9 Å². The lowest BCUT2D eigenvalue weighted by Crippen LogP contribution is -2.38. The summed E-state index contributed by atoms with van der Waals surface area (Å²) in [4.78, 5) is 2.34. The molecule has 1 aromatic carbocycles. The third kappa shape index (κ3) is 4.72. The first-order valence-corrected chi connectivity index (χ1v) is 10.4. The van der Waals surface area contributed by atoms with E-state index in [0.717, 1.165) is 50.1 Å². The summed E-state index contributed by atoms with van der Waals surface area (Å²) >= 11 is 0. The highest BCUT2D eigenvalue weighted by Crippen LogP contribution is 2.22. The molecule has 0 aliphatic carbocycles. The Kier molecular flexibility index (Phi) is 5.79. The number of hydrogen-bond donors (Lipinski definition) is 1. The Bertz CT molecular complexity index is 855. The Balaban J connectivity index is 1.49. The Hall–Kier alpha value is -1.70. The molecule has 0 atom stereocenters. The summed E-state index contributed by atoms with van der Waals surface area (Å²) in [6.07, 6.45) is 1.86. The Morgan fingerprint density at radius 1 is 1.23 bits per heavy atom. The lowest BCUT2D eigenvalue weighted by molar-refractivity contribution is 0.178. The van der Waals surface area contributed by atoms with Crippen LogP contribution < -0.4 is 4.72 Å². The summed E-state index contributed by atoms with van der Waals surface area (Å²) < 4.78 is 46.0. The maximum absolute atomic E-state index is 13.2. The van der Waals surface area contributed by atoms with Crippen molar-refractivity contribution in [3.8, 4) is 0 Å². The van der Waals surface area contributed by atoms with Gasteiger partial charge in [0.05, 0.1) is 4.90 Å². The van der Waals surface area contributed by atoms with E-state index in [-0.39, 0.29) is 4.90 Å². The standard InChI is InChI=1S/C19H25FN2O3S/c1-14-10-17(15(2)25-14)13-22-8-6-16(7-9-22)12-21-26(23,24)19-5-3-4-18(20)11-19/h3-5,10-11,16,21H,6-9,12-13H2,1-2H3. The summed E-state index contributed by atoms with van der Waals surface area (Å²) in [5.41, 5.74) is 1.22. The third-order valence-corrected chi connectivity index (χ3v) is 6.33. The van der Waals surface area contributed by atoms with Gasteiger partial charge >= 0.3 is 0 Å². The van der Waals surface area contributed by atoms with Crippen molar-refractivity contribution in [2.24, 2.45) is 5.92 Å². The SMILES string of the molecule is Cc1cc(CN2CCC(CNS(=O)(=O)c3cccc(F)c3)CC2)c(C)o1. The molecule has 142 valence electrons. The normalized spacial score (nSPS) is 16.9. The van der Waals surface area contributed by atoms with E-state index < -0.39 is 15.8 Å². The molecule has 7 heteroatoms. The van der Waals surface area contributed by atoms with Gasteiger partial charge in [-0.15, -0.1) is 0 Å². The number of likely N-dealkylation sites (tertiary alicyclic amines) is 1. The van der Waals surface area contributed by atoms with Crippen LogP contribution in [-0.2, 0) is 16.6 Å². The monoisotopic (exact) mass is 380 g/mol. The highest BCUT2D eigenvalue weighted by Gasteiger charge is 2.23. The highest BCUT2D eigenvalue weighted by atomic mass is 32.2. The fourth-order valence-corrected chi connectivity index (χ4v) is 4.52. The van der Waals surface area contributed by atoms with Gasteiger partial charge in [0.1, 0.15) is 17.3 Å². The van der Waals surface area contributed by atoms with Gasteiger partial charge in [-0.2, -0.15) is 0 Å². The number of benzene rings is 1. The van der Waals surface area contributed by atoms with E-state index in [1.807, 2.05) is 13.8 Å². The molecule has 0 amide bonds. The van der Waals surface area contributed by atoms with Crippen LogP contribution in [-0.4, -0.2) is 33.0 Å². The third-order valence-electron chi connectivity index (χ3n) is 4.91. The summed E-state index contributed by atoms with van der Waals surface area (Å²) in [6, 6.07) is 7.16. The molecule has 0 unspecified atom stereocenters. The topological polar surface area (TPSA) is 62.6 Å². The van der Waals surface area contributed by atoms with E-state index >= 15 is 0 Å². The Morgan fingerprint density at radius 3 is 2.58 bits per heavy atom. The van der Waals surface area contributed by atoms with Crippen LogP contribution in [0.15, 0.2) is 39.6 Å². The quantitative estimate of drug-likeness (QED) is 0.836. The second-order valence-corrected chi connectivity index (χ2v) is 8.73. The summed E-state index contributed by atoms with van der Waals surface area (Å²) in [5.74, 6) is 1.64. The lowest BCUT2D eigenvalue weighted by Gasteiger charge is -2.31. The maximum atomic E-state index is 13.2. The van der Waals surface area contributed by atoms with Gasteiger partial charge in [-0.3, -0.25) is 4.90 Å². The second kappa shape index (κ2) is 7.90. The van der Waals surface area contributed by atoms with Gasteiger partial charge in [0.2, 0.25) is 10.0 Å². The number of nitrogens with one attached hydrogen (secondary N) is 1. The highest BCUT2D eigenvalue weighted by molar-refractivity contribution is 7.89. The van der Waals surface area contributed by atoms with Crippen LogP contribution in [0.3, 0.4) is 0 Å². The fourth-order valence-electron chi connectivity index (χ4n) is 3.38. The predicted octanol–water partition coefficient (Wildman–Crippen LogP) is 3.23. The van der Waals surface area contributed by atoms with Gasteiger partial charge in [-0.05, 0) is 70.0 Å². The molecule has 0 spiro atoms. The molecule has 1 saturated heterocycles. The summed E-state index contributed by atoms with van der Waals surface area (Å²) in [5, 5.41) is 0. The maximum Gasteiger partial charge on any atom is 0.240 e. The van der Waals surface area contributed by atoms with Crippen LogP contribution in [0, 0.1) is 25.6 Å². The van der Waals surface area contributed by atoms with Gasteiger partial charge in [-0.25, -0.2) is 17.5 Å². The zero-order valence-electron chi connectivity index (χ0n) is 15.2. The predicted molar refractivity (Wildman–Crippen MR) is 97.8 cm³/mol. The van der Waals surface area contributed by atoms with Crippen LogP contribution in [0.2, 0.25) is 0 Å². The Morgan fingerprint density at radius 2 is 1.96 bits per heavy atom. The van der Waals surface area contributed by atoms with Gasteiger partial charge in [-0.1, -0.05) is 6.07 Å². The molecule has 2 aromatic rings. The molecule has 1 aliphatic heterocycles. The van der Waals surface area contributed by atoms with E-state index in [0.29, 0.717) is 12.5 Å². The molecular weight excluding hydrogens is 355 g/mol. The van der Waals surface area contributed by atoms with Crippen molar-refractivity contribution in [3.05, 3.63) is 53.2 Å². The van der Waals surface area contributed by atoms with Gasteiger partial charge in [0, 0.05) is 18.7 Å². The van der Waals surface area contributed by atoms with Gasteiger partial charge < -0.3 is 4.42 Å². The zero-order valence-corrected chi connectivity index (χ0v) is 16.0. The minimum Gasteiger partial charge on any atom is -0.466 e. The number of rotatable bonds is 6. The molecule has 2 heterocycles. The van der Waals surface area contributed by atoms with Crippen LogP contribution in [0.5, 0.6) is 0 Å². The average Bonchev–Trinajstić information content (AvgIpc) is 2.91. The van der Waals surface area contributed by atoms with Crippen LogP contribution in [0.25, 0.3) is 0 Å². The van der Waals surface area contributed by atoms with E-state index in [9.17, 15) is 12.8 Å². The second-order valence-electron chi connectivity index (χ2n) is 6.97. The molecule has 0 radical (unpaired) electrons. The van der Waals surface area contributed by atoms with Crippen molar-refractivity contribution in [2.75, 3.05) is 19.6 Å². The first kappa shape index (κ1) is 19.1. The molecule has 1 aliphatic rings. The molecule has 5 nitrogen and oxygen atoms in total. The molecule has 26 heavy (non-hydrogen) atoms. The van der Waals surface area contributed by atoms with Crippen molar-refractivity contribution < 1.29 is 17.2 Å². The van der Waals surface area contributed by atoms with Crippen LogP contribution in [0.4, 0.5) is 4.39 Å². The van der Waals surface area contributed by atoms with E-state index in [4.69, 9.17) is 4.42 Å². The van der Waals surface area contributed by atoms with Crippen molar-refractivity contribution in [2.45, 2.75) is 38.1 Å². The smallest absolute Gasteiger partial charge is 0.240 e. The average molecular weight is 380 g/mol. The minimum absolute atomic E-state index is 0.0271. The number of nitrogens with zero attached hydrogens (tertiary/aromatic N) is 1. The molecule has 0 bridgehead atoms. The van der Waals surface area contributed by atoms with Crippen LogP contribution >= 0.6 is 0 Å². The van der Waals surface area contributed by atoms with Crippen molar-refractivity contribution >= 4 is 10.0 Å². The number of aryl methyl sites for hydroxylation is 2. The van der Waals surface area contributed by atoms with Crippen molar-refractivity contribution in [1.82, 2.24) is 9.62 Å². The molecular formula is C19H25FN2O3S. The lowest BCUT2D eigenvalue weighted by atomic mass is 9.97. The minimum atomic E-state index is -3.66. The molecule has 0 saturated carbocycles. The van der Waals surface area contributed by atoms with Gasteiger partial charge in [0.25, 0.3) is 0 Å². The first-order valence-electron chi connectivity index (χ1n) is 8.87. The van der Waals surface area contributed by atoms with E-state index in [1.54, 1.807) is 0 Å². The van der Waals surface area contributed by atoms with Crippen molar-refractivity contribution in [1.29, 1.82) is 0 Å². The molecule has 1 fully saturated rings. The number of piperidine rings is 1. The number of sulfonamides is 1. The van der Waals surface area contributed by atoms with E-state index in [1.165, 1.54) is 23.8 Å². The number of furan rings is 1. The molecule has 3 rings (SSSR count). The fraction of sp³-hybridized carbons (Fsp3) is 0.474. The summed E-state index contributed by atoms with van der Waals surface area (Å²) in [6.45, 7) is 7.04. The Labute approximate surface area is 154 Å². The molecule has 1 N–H and O–H groups in total. The first-order chi connectivity index (χ1) is 12.3. The van der Waals surface area contributed by atoms with Gasteiger partial charge in [0.15, 0.2) is 0 Å². The summed E-state index contributed by atoms with van der Waals surface area (Å²) in [7, 11) is -3.66. The number of hydrogen-bond acceptors (Lipinski definition) is 4. The number of halogens is 1. The van der Waals surface area contributed by atoms with E-state index in [2.05, 4.69) is 15.7 Å². The van der Waals surface area contributed by atoms with Crippen molar-refractivity contribution in [3.63, 3.8) is 0 Å². The largest absolute Gasteiger partial charge is 0.466 e.